The van der Waals surface area contributed by atoms with Gasteiger partial charge in [-0.05, 0) is 36.5 Å². The van der Waals surface area contributed by atoms with Crippen molar-refractivity contribution in [1.82, 2.24) is 15.1 Å². The van der Waals surface area contributed by atoms with E-state index in [0.29, 0.717) is 5.56 Å². The number of likely N-dealkylation sites (N-methyl/N-ethyl adjacent to an activating group) is 1. The number of rotatable bonds is 7. The van der Waals surface area contributed by atoms with Crippen LogP contribution in [0.5, 0.6) is 0 Å². The molecule has 1 saturated heterocycles. The van der Waals surface area contributed by atoms with Gasteiger partial charge in [0.1, 0.15) is 5.84 Å². The van der Waals surface area contributed by atoms with Gasteiger partial charge in [-0.3, -0.25) is 9.59 Å². The van der Waals surface area contributed by atoms with Crippen molar-refractivity contribution in [3.63, 3.8) is 0 Å². The summed E-state index contributed by atoms with van der Waals surface area (Å²) in [6, 6.07) is 14.4. The molecule has 0 radical (unpaired) electrons. The van der Waals surface area contributed by atoms with Crippen LogP contribution in [0.4, 0.5) is 13.2 Å². The number of alkyl halides is 3. The molecule has 1 unspecified atom stereocenters. The van der Waals surface area contributed by atoms with E-state index in [9.17, 15) is 22.8 Å². The highest BCUT2D eigenvalue weighted by molar-refractivity contribution is 5.98. The predicted octanol–water partition coefficient (Wildman–Crippen LogP) is 3.66. The molecule has 0 spiro atoms. The lowest BCUT2D eigenvalue weighted by Crippen LogP contribution is -2.61. The van der Waals surface area contributed by atoms with E-state index in [1.165, 1.54) is 11.0 Å². The van der Waals surface area contributed by atoms with Crippen LogP contribution >= 0.6 is 0 Å². The van der Waals surface area contributed by atoms with Gasteiger partial charge >= 0.3 is 6.18 Å². The Morgan fingerprint density at radius 2 is 1.83 bits per heavy atom. The number of nitrogens with zero attached hydrogens (tertiary/aromatic N) is 3. The molecule has 1 fully saturated rings. The maximum Gasteiger partial charge on any atom is 0.416 e. The number of amidine groups is 1. The zero-order valence-electron chi connectivity index (χ0n) is 19.6. The molecule has 2 amide bonds. The third kappa shape index (κ3) is 5.49. The fourth-order valence-electron chi connectivity index (χ4n) is 4.60. The van der Waals surface area contributed by atoms with Crippen molar-refractivity contribution in [2.24, 2.45) is 4.99 Å². The Labute approximate surface area is 202 Å². The number of amides is 2. The lowest BCUT2D eigenvalue weighted by atomic mass is 10.0. The van der Waals surface area contributed by atoms with Gasteiger partial charge in [0, 0.05) is 26.6 Å². The molecule has 35 heavy (non-hydrogen) atoms. The van der Waals surface area contributed by atoms with E-state index in [4.69, 9.17) is 4.99 Å². The van der Waals surface area contributed by atoms with Gasteiger partial charge in [-0.1, -0.05) is 48.5 Å². The Morgan fingerprint density at radius 1 is 1.09 bits per heavy atom. The fraction of sp³-hybridized carbons (Fsp3) is 0.423. The molecule has 0 aromatic heterocycles. The molecular formula is C26H29F3N4O2. The summed E-state index contributed by atoms with van der Waals surface area (Å²) in [5.74, 6) is 0.173. The highest BCUT2D eigenvalue weighted by Gasteiger charge is 2.50. The molecule has 2 aliphatic rings. The van der Waals surface area contributed by atoms with Crippen LogP contribution in [0, 0.1) is 0 Å². The fourth-order valence-corrected chi connectivity index (χ4v) is 4.60. The molecule has 1 N–H and O–H groups in total. The second kappa shape index (κ2) is 10.1. The van der Waals surface area contributed by atoms with Crippen LogP contribution in [-0.4, -0.2) is 59.8 Å². The average molecular weight is 487 g/mol. The van der Waals surface area contributed by atoms with Crippen LogP contribution in [-0.2, 0) is 28.6 Å². The van der Waals surface area contributed by atoms with Crippen LogP contribution in [0.15, 0.2) is 59.6 Å². The second-order valence-electron chi connectivity index (χ2n) is 9.04. The molecule has 0 bridgehead atoms. The van der Waals surface area contributed by atoms with Crippen molar-refractivity contribution in [1.29, 1.82) is 0 Å². The number of carbonyl (C=O) groups excluding carboxylic acids is 2. The van der Waals surface area contributed by atoms with Gasteiger partial charge in [-0.2, -0.15) is 13.2 Å². The Bertz CT molecular complexity index is 1100. The summed E-state index contributed by atoms with van der Waals surface area (Å²) in [4.78, 5) is 34.9. The summed E-state index contributed by atoms with van der Waals surface area (Å²) in [5, 5.41) is 2.83. The van der Waals surface area contributed by atoms with E-state index < -0.39 is 23.3 Å². The Morgan fingerprint density at radius 3 is 2.54 bits per heavy atom. The van der Waals surface area contributed by atoms with Crippen LogP contribution in [0.25, 0.3) is 0 Å². The van der Waals surface area contributed by atoms with Crippen molar-refractivity contribution in [2.45, 2.75) is 43.9 Å². The normalized spacial score (nSPS) is 19.7. The molecule has 186 valence electrons. The molecule has 0 saturated carbocycles. The number of nitrogens with one attached hydrogen (secondary N) is 1. The van der Waals surface area contributed by atoms with Crippen LogP contribution in [0.1, 0.15) is 36.0 Å². The van der Waals surface area contributed by atoms with E-state index in [1.807, 2.05) is 30.3 Å². The number of fused-ring (bicyclic) bond motifs is 1. The predicted molar refractivity (Wildman–Crippen MR) is 127 cm³/mol. The highest BCUT2D eigenvalue weighted by Crippen LogP contribution is 2.31. The highest BCUT2D eigenvalue weighted by atomic mass is 19.4. The number of hydrogen-bond donors (Lipinski definition) is 1. The topological polar surface area (TPSA) is 65.0 Å². The van der Waals surface area contributed by atoms with E-state index in [2.05, 4.69) is 10.2 Å². The third-order valence-corrected chi connectivity index (χ3v) is 6.61. The summed E-state index contributed by atoms with van der Waals surface area (Å²) in [6.07, 6.45) is -1.33. The molecule has 2 heterocycles. The lowest BCUT2D eigenvalue weighted by molar-refractivity contribution is -0.145. The van der Waals surface area contributed by atoms with Crippen LogP contribution in [0.3, 0.4) is 0 Å². The molecule has 0 aliphatic carbocycles. The first kappa shape index (κ1) is 24.8. The molecule has 1 atom stereocenters. The molecule has 2 aliphatic heterocycles. The second-order valence-corrected chi connectivity index (χ2v) is 9.04. The SMILES string of the molecule is CN(C(=O)Cc1ccccc1)C1(C(=O)NCCc2cccc(C(F)(F)F)c2)CN2CCCCC2=N1. The zero-order valence-corrected chi connectivity index (χ0v) is 19.6. The van der Waals surface area contributed by atoms with Crippen molar-refractivity contribution in [3.05, 3.63) is 71.3 Å². The molecule has 2 aromatic rings. The summed E-state index contributed by atoms with van der Waals surface area (Å²) in [6.45, 7) is 1.18. The maximum absolute atomic E-state index is 13.5. The molecule has 4 rings (SSSR count). The molecular weight excluding hydrogens is 457 g/mol. The molecule has 9 heteroatoms. The maximum atomic E-state index is 13.5. The van der Waals surface area contributed by atoms with E-state index in [-0.39, 0.29) is 31.8 Å². The zero-order chi connectivity index (χ0) is 25.1. The minimum absolute atomic E-state index is 0.132. The first-order valence-electron chi connectivity index (χ1n) is 11.8. The van der Waals surface area contributed by atoms with Crippen molar-refractivity contribution >= 4 is 17.6 Å². The minimum Gasteiger partial charge on any atom is -0.355 e. The number of benzene rings is 2. The molecule has 2 aromatic carbocycles. The number of aliphatic imine (C=N–C) groups is 1. The van der Waals surface area contributed by atoms with E-state index in [1.54, 1.807) is 13.1 Å². The summed E-state index contributed by atoms with van der Waals surface area (Å²) < 4.78 is 39.0. The van der Waals surface area contributed by atoms with Crippen molar-refractivity contribution in [3.8, 4) is 0 Å². The standard InChI is InChI=1S/C26H29F3N4O2/c1-32(23(34)17-19-8-3-2-4-9-19)25(18-33-15-6-5-12-22(33)31-25)24(35)30-14-13-20-10-7-11-21(16-20)26(27,28)29/h2-4,7-11,16H,5-6,12-15,17-18H2,1H3,(H,30,35). The average Bonchev–Trinajstić information content (AvgIpc) is 3.25. The largest absolute Gasteiger partial charge is 0.416 e. The monoisotopic (exact) mass is 486 g/mol. The van der Waals surface area contributed by atoms with Gasteiger partial charge < -0.3 is 15.1 Å². The quantitative estimate of drug-likeness (QED) is 0.650. The van der Waals surface area contributed by atoms with Crippen molar-refractivity contribution < 1.29 is 22.8 Å². The Kier molecular flexibility index (Phi) is 7.14. The van der Waals surface area contributed by atoms with Crippen LogP contribution in [0.2, 0.25) is 0 Å². The first-order valence-corrected chi connectivity index (χ1v) is 11.8. The Hall–Kier alpha value is -3.36. The van der Waals surface area contributed by atoms with Gasteiger partial charge in [-0.25, -0.2) is 4.99 Å². The number of halogens is 3. The summed E-state index contributed by atoms with van der Waals surface area (Å²) >= 11 is 0. The van der Waals surface area contributed by atoms with Crippen molar-refractivity contribution in [2.75, 3.05) is 26.7 Å². The van der Waals surface area contributed by atoms with Gasteiger partial charge in [0.15, 0.2) is 0 Å². The number of piperidine rings is 1. The lowest BCUT2D eigenvalue weighted by Gasteiger charge is -2.36. The van der Waals surface area contributed by atoms with Gasteiger partial charge in [-0.15, -0.1) is 0 Å². The summed E-state index contributed by atoms with van der Waals surface area (Å²) in [7, 11) is 1.60. The Balaban J connectivity index is 1.49. The van der Waals surface area contributed by atoms with Gasteiger partial charge in [0.2, 0.25) is 11.6 Å². The van der Waals surface area contributed by atoms with Gasteiger partial charge in [0.05, 0.1) is 18.5 Å². The number of carbonyl (C=O) groups is 2. The smallest absolute Gasteiger partial charge is 0.355 e. The third-order valence-electron chi connectivity index (χ3n) is 6.61. The van der Waals surface area contributed by atoms with E-state index in [0.717, 1.165) is 49.3 Å². The summed E-state index contributed by atoms with van der Waals surface area (Å²) in [5.41, 5.74) is -0.812. The van der Waals surface area contributed by atoms with E-state index >= 15 is 0 Å². The van der Waals surface area contributed by atoms with Crippen LogP contribution < -0.4 is 5.32 Å². The molecule has 6 nitrogen and oxygen atoms in total. The van der Waals surface area contributed by atoms with Gasteiger partial charge in [0.25, 0.3) is 5.91 Å². The minimum atomic E-state index is -4.42. The first-order chi connectivity index (χ1) is 16.7. The number of hydrogen-bond acceptors (Lipinski definition) is 4.